The number of hydrogen-bond acceptors (Lipinski definition) is 4. The summed E-state index contributed by atoms with van der Waals surface area (Å²) in [5, 5.41) is 3.76. The first kappa shape index (κ1) is 20.2. The molecule has 1 fully saturated rings. The smallest absolute Gasteiger partial charge is 0.236 e. The summed E-state index contributed by atoms with van der Waals surface area (Å²) in [7, 11) is 1.64. The van der Waals surface area contributed by atoms with Gasteiger partial charge in [0.2, 0.25) is 5.91 Å². The zero-order valence-corrected chi connectivity index (χ0v) is 15.0. The molecular formula is C16H24Cl2N2O3. The second-order valence-electron chi connectivity index (χ2n) is 5.41. The molecule has 1 saturated heterocycles. The lowest BCUT2D eigenvalue weighted by Gasteiger charge is -2.38. The molecule has 1 N–H and O–H groups in total. The molecule has 2 rings (SSSR count). The molecule has 1 heterocycles. The van der Waals surface area contributed by atoms with Crippen LogP contribution in [-0.4, -0.2) is 56.8 Å². The minimum Gasteiger partial charge on any atom is -0.383 e. The predicted molar refractivity (Wildman–Crippen MR) is 93.3 cm³/mol. The van der Waals surface area contributed by atoms with Gasteiger partial charge in [-0.1, -0.05) is 29.8 Å². The van der Waals surface area contributed by atoms with Crippen LogP contribution in [0.4, 0.5) is 0 Å². The number of morpholine rings is 1. The van der Waals surface area contributed by atoms with Gasteiger partial charge in [0.1, 0.15) is 6.10 Å². The molecular weight excluding hydrogens is 339 g/mol. The van der Waals surface area contributed by atoms with E-state index in [-0.39, 0.29) is 30.5 Å². The summed E-state index contributed by atoms with van der Waals surface area (Å²) in [4.78, 5) is 14.2. The fraction of sp³-hybridized carbons (Fsp3) is 0.562. The molecule has 2 atom stereocenters. The molecule has 1 aromatic carbocycles. The topological polar surface area (TPSA) is 50.8 Å². The van der Waals surface area contributed by atoms with Crippen molar-refractivity contribution in [1.82, 2.24) is 10.2 Å². The summed E-state index contributed by atoms with van der Waals surface area (Å²) in [5.41, 5.74) is 0.932. The molecule has 0 saturated carbocycles. The first-order valence-electron chi connectivity index (χ1n) is 7.48. The van der Waals surface area contributed by atoms with Crippen LogP contribution in [0.2, 0.25) is 5.02 Å². The van der Waals surface area contributed by atoms with Crippen LogP contribution in [0.5, 0.6) is 0 Å². The van der Waals surface area contributed by atoms with E-state index in [1.54, 1.807) is 7.11 Å². The van der Waals surface area contributed by atoms with Gasteiger partial charge in [-0.25, -0.2) is 0 Å². The summed E-state index contributed by atoms with van der Waals surface area (Å²) >= 11 is 6.23. The van der Waals surface area contributed by atoms with E-state index in [2.05, 4.69) is 5.32 Å². The quantitative estimate of drug-likeness (QED) is 0.788. The molecule has 1 aliphatic heterocycles. The fourth-order valence-corrected chi connectivity index (χ4v) is 2.76. The van der Waals surface area contributed by atoms with Crippen molar-refractivity contribution in [2.45, 2.75) is 19.1 Å². The maximum Gasteiger partial charge on any atom is 0.236 e. The third-order valence-electron chi connectivity index (χ3n) is 3.76. The zero-order valence-electron chi connectivity index (χ0n) is 13.5. The molecule has 0 aliphatic carbocycles. The number of amides is 1. The number of nitrogens with one attached hydrogen (secondary N) is 1. The number of carbonyl (C=O) groups is 1. The van der Waals surface area contributed by atoms with Crippen molar-refractivity contribution in [3.05, 3.63) is 34.9 Å². The number of carbonyl (C=O) groups excluding carboxylic acids is 1. The number of benzene rings is 1. The minimum absolute atomic E-state index is 0. The highest BCUT2D eigenvalue weighted by Gasteiger charge is 2.30. The maximum absolute atomic E-state index is 12.4. The Morgan fingerprint density at radius 3 is 2.91 bits per heavy atom. The molecule has 0 aromatic heterocycles. The third-order valence-corrected chi connectivity index (χ3v) is 4.11. The average Bonchev–Trinajstić information content (AvgIpc) is 2.52. The second-order valence-corrected chi connectivity index (χ2v) is 5.82. The van der Waals surface area contributed by atoms with Crippen molar-refractivity contribution in [1.29, 1.82) is 0 Å². The fourth-order valence-electron chi connectivity index (χ4n) is 2.50. The predicted octanol–water partition coefficient (Wildman–Crippen LogP) is 2.29. The monoisotopic (exact) mass is 362 g/mol. The van der Waals surface area contributed by atoms with Crippen molar-refractivity contribution in [2.24, 2.45) is 0 Å². The number of halogens is 2. The lowest BCUT2D eigenvalue weighted by molar-refractivity contribution is -0.143. The van der Waals surface area contributed by atoms with Gasteiger partial charge in [0.25, 0.3) is 0 Å². The summed E-state index contributed by atoms with van der Waals surface area (Å²) in [6.07, 6.45) is -0.173. The zero-order chi connectivity index (χ0) is 15.9. The summed E-state index contributed by atoms with van der Waals surface area (Å²) in [6, 6.07) is 7.68. The van der Waals surface area contributed by atoms with Gasteiger partial charge in [0.05, 0.1) is 32.3 Å². The van der Waals surface area contributed by atoms with Crippen LogP contribution in [0, 0.1) is 0 Å². The first-order valence-corrected chi connectivity index (χ1v) is 7.86. The van der Waals surface area contributed by atoms with Gasteiger partial charge in [0.15, 0.2) is 0 Å². The van der Waals surface area contributed by atoms with Gasteiger partial charge >= 0.3 is 0 Å². The van der Waals surface area contributed by atoms with Crippen LogP contribution in [-0.2, 0) is 14.3 Å². The molecule has 1 aromatic rings. The SMILES string of the molecule is COCCNCC(=O)N1CC(c2ccccc2Cl)OCC1C.Cl. The number of ether oxygens (including phenoxy) is 2. The van der Waals surface area contributed by atoms with Gasteiger partial charge in [-0.2, -0.15) is 0 Å². The molecule has 1 aliphatic rings. The van der Waals surface area contributed by atoms with E-state index in [0.717, 1.165) is 5.56 Å². The van der Waals surface area contributed by atoms with Crippen LogP contribution in [0.1, 0.15) is 18.6 Å². The Balaban J connectivity index is 0.00000264. The largest absolute Gasteiger partial charge is 0.383 e. The highest BCUT2D eigenvalue weighted by molar-refractivity contribution is 6.31. The summed E-state index contributed by atoms with van der Waals surface area (Å²) < 4.78 is 10.8. The van der Waals surface area contributed by atoms with Crippen LogP contribution in [0.25, 0.3) is 0 Å². The Labute approximate surface area is 148 Å². The Kier molecular flexibility index (Phi) is 8.87. The highest BCUT2D eigenvalue weighted by Crippen LogP contribution is 2.29. The maximum atomic E-state index is 12.4. The second kappa shape index (κ2) is 10.1. The first-order chi connectivity index (χ1) is 10.6. The summed E-state index contributed by atoms with van der Waals surface area (Å²) in [6.45, 7) is 4.59. The molecule has 23 heavy (non-hydrogen) atoms. The Morgan fingerprint density at radius 1 is 1.48 bits per heavy atom. The van der Waals surface area contributed by atoms with Crippen molar-refractivity contribution in [3.63, 3.8) is 0 Å². The molecule has 7 heteroatoms. The van der Waals surface area contributed by atoms with E-state index < -0.39 is 0 Å². The van der Waals surface area contributed by atoms with E-state index in [1.165, 1.54) is 0 Å². The third kappa shape index (κ3) is 5.62. The molecule has 130 valence electrons. The Morgan fingerprint density at radius 2 is 2.22 bits per heavy atom. The molecule has 0 bridgehead atoms. The van der Waals surface area contributed by atoms with E-state index in [1.807, 2.05) is 36.1 Å². The van der Waals surface area contributed by atoms with E-state index >= 15 is 0 Å². The van der Waals surface area contributed by atoms with Crippen molar-refractivity contribution < 1.29 is 14.3 Å². The van der Waals surface area contributed by atoms with Gasteiger partial charge in [-0.3, -0.25) is 4.79 Å². The minimum atomic E-state index is -0.173. The van der Waals surface area contributed by atoms with E-state index in [0.29, 0.717) is 37.9 Å². The van der Waals surface area contributed by atoms with Gasteiger partial charge in [0, 0.05) is 24.2 Å². The van der Waals surface area contributed by atoms with E-state index in [4.69, 9.17) is 21.1 Å². The molecule has 0 spiro atoms. The van der Waals surface area contributed by atoms with Crippen LogP contribution in [0.15, 0.2) is 24.3 Å². The molecule has 2 unspecified atom stereocenters. The Bertz CT molecular complexity index is 502. The molecule has 5 nitrogen and oxygen atoms in total. The molecule has 0 radical (unpaired) electrons. The van der Waals surface area contributed by atoms with Crippen molar-refractivity contribution >= 4 is 29.9 Å². The van der Waals surface area contributed by atoms with E-state index in [9.17, 15) is 4.79 Å². The number of nitrogens with zero attached hydrogens (tertiary/aromatic N) is 1. The van der Waals surface area contributed by atoms with Crippen LogP contribution >= 0.6 is 24.0 Å². The molecule has 1 amide bonds. The van der Waals surface area contributed by atoms with Crippen LogP contribution < -0.4 is 5.32 Å². The normalized spacial score (nSPS) is 20.9. The van der Waals surface area contributed by atoms with Gasteiger partial charge in [-0.15, -0.1) is 12.4 Å². The standard InChI is InChI=1S/C16H23ClN2O3.ClH/c1-12-11-22-15(13-5-3-4-6-14(13)17)10-19(12)16(20)9-18-7-8-21-2;/h3-6,12,15,18H,7-11H2,1-2H3;1H. The lowest BCUT2D eigenvalue weighted by atomic mass is 10.1. The average molecular weight is 363 g/mol. The van der Waals surface area contributed by atoms with Crippen LogP contribution in [0.3, 0.4) is 0 Å². The lowest BCUT2D eigenvalue weighted by Crippen LogP contribution is -2.51. The Hall–Kier alpha value is -0.850. The van der Waals surface area contributed by atoms with Crippen molar-refractivity contribution in [3.8, 4) is 0 Å². The van der Waals surface area contributed by atoms with Gasteiger partial charge in [-0.05, 0) is 13.0 Å². The summed E-state index contributed by atoms with van der Waals surface area (Å²) in [5.74, 6) is 0.0731. The van der Waals surface area contributed by atoms with Crippen molar-refractivity contribution in [2.75, 3.05) is 40.0 Å². The number of hydrogen-bond donors (Lipinski definition) is 1. The number of methoxy groups -OCH3 is 1. The number of rotatable bonds is 6. The highest BCUT2D eigenvalue weighted by atomic mass is 35.5. The van der Waals surface area contributed by atoms with Gasteiger partial charge < -0.3 is 19.7 Å².